The smallest absolute Gasteiger partial charge is 0.408 e. The zero-order valence-electron chi connectivity index (χ0n) is 14.5. The lowest BCUT2D eigenvalue weighted by atomic mass is 10.2. The van der Waals surface area contributed by atoms with E-state index in [1.165, 1.54) is 4.90 Å². The maximum Gasteiger partial charge on any atom is 0.408 e. The average molecular weight is 336 g/mol. The first-order chi connectivity index (χ1) is 11.2. The molecule has 7 heteroatoms. The summed E-state index contributed by atoms with van der Waals surface area (Å²) in [6, 6.07) is 7.41. The van der Waals surface area contributed by atoms with Crippen LogP contribution in [0.15, 0.2) is 24.3 Å². The summed E-state index contributed by atoms with van der Waals surface area (Å²) in [4.78, 5) is 25.2. The number of amides is 2. The third-order valence-electron chi connectivity index (χ3n) is 3.25. The molecule has 0 saturated heterocycles. The number of hydrogen-bond acceptors (Lipinski definition) is 5. The Labute approximate surface area is 141 Å². The zero-order valence-corrected chi connectivity index (χ0v) is 14.5. The van der Waals surface area contributed by atoms with Crippen molar-refractivity contribution < 1.29 is 23.8 Å². The summed E-state index contributed by atoms with van der Waals surface area (Å²) in [5.74, 6) is 1.14. The van der Waals surface area contributed by atoms with Crippen molar-refractivity contribution in [3.05, 3.63) is 24.3 Å². The van der Waals surface area contributed by atoms with Gasteiger partial charge in [0.1, 0.15) is 18.8 Å². The highest BCUT2D eigenvalue weighted by atomic mass is 16.6. The largest absolute Gasteiger partial charge is 0.486 e. The van der Waals surface area contributed by atoms with Crippen LogP contribution in [-0.2, 0) is 9.53 Å². The van der Waals surface area contributed by atoms with Crippen LogP contribution in [0.25, 0.3) is 0 Å². The number of nitrogens with zero attached hydrogens (tertiary/aromatic N) is 1. The van der Waals surface area contributed by atoms with Crippen molar-refractivity contribution in [1.82, 2.24) is 10.2 Å². The predicted octanol–water partition coefficient (Wildman–Crippen LogP) is 1.81. The van der Waals surface area contributed by atoms with E-state index >= 15 is 0 Å². The Morgan fingerprint density at radius 2 is 1.96 bits per heavy atom. The van der Waals surface area contributed by atoms with Crippen LogP contribution in [0, 0.1) is 0 Å². The van der Waals surface area contributed by atoms with Crippen molar-refractivity contribution >= 4 is 12.0 Å². The molecule has 132 valence electrons. The molecule has 1 aliphatic rings. The summed E-state index contributed by atoms with van der Waals surface area (Å²) in [6.07, 6.45) is -0.870. The second-order valence-corrected chi connectivity index (χ2v) is 6.63. The van der Waals surface area contributed by atoms with Gasteiger partial charge in [0, 0.05) is 7.05 Å². The van der Waals surface area contributed by atoms with Crippen molar-refractivity contribution in [2.24, 2.45) is 0 Å². The number of alkyl carbamates (subject to hydrolysis) is 1. The number of benzene rings is 1. The Morgan fingerprint density at radius 3 is 2.62 bits per heavy atom. The number of likely N-dealkylation sites (N-methyl/N-ethyl adjacent to an activating group) is 1. The summed E-state index contributed by atoms with van der Waals surface area (Å²) >= 11 is 0. The second kappa shape index (κ2) is 7.42. The van der Waals surface area contributed by atoms with E-state index in [1.54, 1.807) is 27.8 Å². The van der Waals surface area contributed by atoms with Gasteiger partial charge in [-0.3, -0.25) is 4.79 Å². The lowest BCUT2D eigenvalue weighted by molar-refractivity contribution is -0.130. The number of para-hydroxylation sites is 2. The highest BCUT2D eigenvalue weighted by molar-refractivity contribution is 5.82. The number of fused-ring (bicyclic) bond motifs is 1. The Balaban J connectivity index is 1.77. The van der Waals surface area contributed by atoms with Crippen LogP contribution >= 0.6 is 0 Å². The lowest BCUT2D eigenvalue weighted by Gasteiger charge is -2.29. The molecule has 1 aromatic carbocycles. The molecule has 24 heavy (non-hydrogen) atoms. The fourth-order valence-electron chi connectivity index (χ4n) is 2.16. The van der Waals surface area contributed by atoms with Gasteiger partial charge in [-0.2, -0.15) is 0 Å². The molecule has 2 amide bonds. The van der Waals surface area contributed by atoms with Crippen molar-refractivity contribution in [3.63, 3.8) is 0 Å². The molecule has 0 unspecified atom stereocenters. The minimum atomic E-state index is -0.615. The molecule has 0 fully saturated rings. The highest BCUT2D eigenvalue weighted by Crippen LogP contribution is 2.30. The van der Waals surface area contributed by atoms with Crippen LogP contribution in [0.5, 0.6) is 11.5 Å². The minimum Gasteiger partial charge on any atom is -0.486 e. The van der Waals surface area contributed by atoms with Crippen LogP contribution < -0.4 is 14.8 Å². The first-order valence-corrected chi connectivity index (χ1v) is 7.84. The molecule has 1 atom stereocenters. The molecule has 1 heterocycles. The fourth-order valence-corrected chi connectivity index (χ4v) is 2.16. The van der Waals surface area contributed by atoms with E-state index in [-0.39, 0.29) is 18.6 Å². The Morgan fingerprint density at radius 1 is 1.29 bits per heavy atom. The summed E-state index contributed by atoms with van der Waals surface area (Å²) in [7, 11) is 1.66. The number of carbonyl (C=O) groups excluding carboxylic acids is 2. The van der Waals surface area contributed by atoms with Gasteiger partial charge in [0.15, 0.2) is 17.6 Å². The average Bonchev–Trinajstić information content (AvgIpc) is 2.50. The summed E-state index contributed by atoms with van der Waals surface area (Å²) < 4.78 is 16.5. The molecule has 0 bridgehead atoms. The van der Waals surface area contributed by atoms with Gasteiger partial charge < -0.3 is 24.4 Å². The first kappa shape index (κ1) is 17.9. The van der Waals surface area contributed by atoms with Gasteiger partial charge in [-0.25, -0.2) is 4.79 Å². The molecular weight excluding hydrogens is 312 g/mol. The van der Waals surface area contributed by atoms with Crippen LogP contribution in [0.4, 0.5) is 4.79 Å². The van der Waals surface area contributed by atoms with Crippen LogP contribution in [0.2, 0.25) is 0 Å². The van der Waals surface area contributed by atoms with E-state index < -0.39 is 11.7 Å². The quantitative estimate of drug-likeness (QED) is 0.907. The SMILES string of the molecule is CN(C[C@H]1COc2ccccc2O1)C(=O)CNC(=O)OC(C)(C)C. The number of ether oxygens (including phenoxy) is 3. The molecule has 2 rings (SSSR count). The maximum absolute atomic E-state index is 12.1. The predicted molar refractivity (Wildman–Crippen MR) is 88.2 cm³/mol. The van der Waals surface area contributed by atoms with Gasteiger partial charge in [-0.05, 0) is 32.9 Å². The minimum absolute atomic E-state index is 0.129. The first-order valence-electron chi connectivity index (χ1n) is 7.84. The third-order valence-corrected chi connectivity index (χ3v) is 3.25. The molecule has 0 spiro atoms. The van der Waals surface area contributed by atoms with Crippen molar-refractivity contribution in [2.75, 3.05) is 26.7 Å². The Hall–Kier alpha value is -2.44. The van der Waals surface area contributed by atoms with Crippen LogP contribution in [-0.4, -0.2) is 55.3 Å². The van der Waals surface area contributed by atoms with Crippen molar-refractivity contribution in [1.29, 1.82) is 0 Å². The molecular formula is C17H24N2O5. The molecule has 0 aliphatic carbocycles. The normalized spacial score (nSPS) is 16.2. The topological polar surface area (TPSA) is 77.1 Å². The number of rotatable bonds is 4. The van der Waals surface area contributed by atoms with E-state index in [2.05, 4.69) is 5.32 Å². The fraction of sp³-hybridized carbons (Fsp3) is 0.529. The van der Waals surface area contributed by atoms with Crippen molar-refractivity contribution in [3.8, 4) is 11.5 Å². The summed E-state index contributed by atoms with van der Waals surface area (Å²) in [6.45, 7) is 5.89. The van der Waals surface area contributed by atoms with Gasteiger partial charge in [0.25, 0.3) is 0 Å². The third kappa shape index (κ3) is 5.33. The summed E-state index contributed by atoms with van der Waals surface area (Å²) in [5.41, 5.74) is -0.598. The number of hydrogen-bond donors (Lipinski definition) is 1. The molecule has 1 N–H and O–H groups in total. The van der Waals surface area contributed by atoms with Gasteiger partial charge in [0.05, 0.1) is 6.54 Å². The monoisotopic (exact) mass is 336 g/mol. The van der Waals surface area contributed by atoms with E-state index in [0.29, 0.717) is 24.7 Å². The highest BCUT2D eigenvalue weighted by Gasteiger charge is 2.24. The van der Waals surface area contributed by atoms with E-state index in [9.17, 15) is 9.59 Å². The zero-order chi connectivity index (χ0) is 17.7. The van der Waals surface area contributed by atoms with Gasteiger partial charge in [0.2, 0.25) is 5.91 Å². The standard InChI is InChI=1S/C17H24N2O5/c1-17(2,3)24-16(21)18-9-15(20)19(4)10-12-11-22-13-7-5-6-8-14(13)23-12/h5-8,12H,9-11H2,1-4H3,(H,18,21)/t12-/m0/s1. The molecule has 7 nitrogen and oxygen atoms in total. The van der Waals surface area contributed by atoms with E-state index in [4.69, 9.17) is 14.2 Å². The molecule has 0 saturated carbocycles. The molecule has 0 radical (unpaired) electrons. The maximum atomic E-state index is 12.1. The van der Waals surface area contributed by atoms with Gasteiger partial charge in [-0.1, -0.05) is 12.1 Å². The summed E-state index contributed by atoms with van der Waals surface area (Å²) in [5, 5.41) is 2.45. The van der Waals surface area contributed by atoms with E-state index in [1.807, 2.05) is 24.3 Å². The molecule has 0 aromatic heterocycles. The van der Waals surface area contributed by atoms with Crippen molar-refractivity contribution in [2.45, 2.75) is 32.5 Å². The molecule has 1 aromatic rings. The second-order valence-electron chi connectivity index (χ2n) is 6.63. The van der Waals surface area contributed by atoms with Crippen LogP contribution in [0.3, 0.4) is 0 Å². The van der Waals surface area contributed by atoms with Gasteiger partial charge >= 0.3 is 6.09 Å². The Bertz CT molecular complexity index is 597. The Kier molecular flexibility index (Phi) is 5.54. The van der Waals surface area contributed by atoms with E-state index in [0.717, 1.165) is 0 Å². The number of carbonyl (C=O) groups is 2. The molecule has 1 aliphatic heterocycles. The van der Waals surface area contributed by atoms with Gasteiger partial charge in [-0.15, -0.1) is 0 Å². The van der Waals surface area contributed by atoms with Crippen LogP contribution in [0.1, 0.15) is 20.8 Å². The number of nitrogens with one attached hydrogen (secondary N) is 1. The lowest BCUT2D eigenvalue weighted by Crippen LogP contribution is -2.45.